The molecule has 216 valence electrons. The molecule has 4 aromatic carbocycles. The molecule has 0 bridgehead atoms. The molecule has 0 radical (unpaired) electrons. The molecule has 4 amide bonds. The van der Waals surface area contributed by atoms with Gasteiger partial charge in [-0.1, -0.05) is 66.2 Å². The van der Waals surface area contributed by atoms with E-state index in [1.807, 2.05) is 48.5 Å². The molecule has 2 saturated heterocycles. The minimum Gasteiger partial charge on any atom is -0.495 e. The van der Waals surface area contributed by atoms with Gasteiger partial charge in [0.1, 0.15) is 5.75 Å². The first-order valence-electron chi connectivity index (χ1n) is 14.2. The minimum atomic E-state index is -1.61. The van der Waals surface area contributed by atoms with Crippen LogP contribution in [0.4, 0.5) is 27.5 Å². The molecule has 2 fully saturated rings. The summed E-state index contributed by atoms with van der Waals surface area (Å²) in [4.78, 5) is 50.7. The Labute approximate surface area is 254 Å². The molecule has 9 heteroatoms. The van der Waals surface area contributed by atoms with Crippen molar-refractivity contribution in [2.75, 3.05) is 46.3 Å². The summed E-state index contributed by atoms with van der Waals surface area (Å²) in [6.45, 7) is 1.51. The number of hydrogen-bond acceptors (Lipinski definition) is 6. The highest BCUT2D eigenvalue weighted by molar-refractivity contribution is 6.39. The third kappa shape index (κ3) is 4.16. The molecule has 0 aromatic heterocycles. The van der Waals surface area contributed by atoms with Crippen molar-refractivity contribution >= 4 is 52.2 Å². The fraction of sp³-hybridized carbons (Fsp3) is 0.206. The van der Waals surface area contributed by atoms with Crippen molar-refractivity contribution in [1.29, 1.82) is 0 Å². The fourth-order valence-corrected chi connectivity index (χ4v) is 6.95. The van der Waals surface area contributed by atoms with Crippen LogP contribution in [0.15, 0.2) is 103 Å². The van der Waals surface area contributed by atoms with Crippen LogP contribution >= 0.6 is 11.6 Å². The van der Waals surface area contributed by atoms with E-state index in [2.05, 4.69) is 9.80 Å². The van der Waals surface area contributed by atoms with Gasteiger partial charge in [-0.25, -0.2) is 14.6 Å². The molecular weight excluding hydrogens is 564 g/mol. The Bertz CT molecular complexity index is 1670. The SMILES string of the molecule is COc1ccccc1N1CCN2c3cc(Cl)ccc3CC3(C(=O)N(c4ccccc4)C(=O)N(c4ccccc4)C3=O)C2C1. The summed E-state index contributed by atoms with van der Waals surface area (Å²) in [5, 5.41) is 0.578. The van der Waals surface area contributed by atoms with Gasteiger partial charge >= 0.3 is 6.03 Å². The maximum absolute atomic E-state index is 15.0. The Balaban J connectivity index is 1.44. The lowest BCUT2D eigenvalue weighted by molar-refractivity contribution is -0.143. The summed E-state index contributed by atoms with van der Waals surface area (Å²) in [5.41, 5.74) is 1.83. The minimum absolute atomic E-state index is 0.123. The summed E-state index contributed by atoms with van der Waals surface area (Å²) < 4.78 is 5.68. The number of piperazine rings is 1. The van der Waals surface area contributed by atoms with Gasteiger partial charge < -0.3 is 14.5 Å². The second-order valence-corrected chi connectivity index (χ2v) is 11.4. The maximum atomic E-state index is 15.0. The van der Waals surface area contributed by atoms with Crippen LogP contribution in [-0.2, 0) is 16.0 Å². The number of fused-ring (bicyclic) bond motifs is 4. The highest BCUT2D eigenvalue weighted by Gasteiger charge is 2.65. The van der Waals surface area contributed by atoms with Gasteiger partial charge in [0.05, 0.1) is 30.2 Å². The van der Waals surface area contributed by atoms with Crippen LogP contribution in [0.2, 0.25) is 5.02 Å². The molecule has 0 aliphatic carbocycles. The number of urea groups is 1. The molecule has 1 atom stereocenters. The zero-order valence-corrected chi connectivity index (χ0v) is 24.3. The number of benzene rings is 4. The van der Waals surface area contributed by atoms with E-state index in [0.717, 1.165) is 16.9 Å². The van der Waals surface area contributed by atoms with Gasteiger partial charge in [-0.15, -0.1) is 0 Å². The molecule has 43 heavy (non-hydrogen) atoms. The molecule has 7 rings (SSSR count). The number of nitrogens with zero attached hydrogens (tertiary/aromatic N) is 4. The summed E-state index contributed by atoms with van der Waals surface area (Å²) in [6.07, 6.45) is 0.123. The summed E-state index contributed by atoms with van der Waals surface area (Å²) in [5.74, 6) is -0.353. The van der Waals surface area contributed by atoms with Crippen LogP contribution in [0.5, 0.6) is 5.75 Å². The van der Waals surface area contributed by atoms with Crippen molar-refractivity contribution in [3.8, 4) is 5.75 Å². The van der Waals surface area contributed by atoms with Crippen molar-refractivity contribution in [1.82, 2.24) is 0 Å². The van der Waals surface area contributed by atoms with Gasteiger partial charge in [-0.05, 0) is 60.5 Å². The smallest absolute Gasteiger partial charge is 0.342 e. The number of barbiturate groups is 1. The Morgan fingerprint density at radius 3 is 1.98 bits per heavy atom. The number of amides is 4. The summed E-state index contributed by atoms with van der Waals surface area (Å²) in [7, 11) is 1.63. The Kier molecular flexibility index (Phi) is 6.58. The number of halogens is 1. The molecular formula is C34H29ClN4O4. The van der Waals surface area contributed by atoms with Gasteiger partial charge in [0.2, 0.25) is 0 Å². The van der Waals surface area contributed by atoms with E-state index in [4.69, 9.17) is 16.3 Å². The largest absolute Gasteiger partial charge is 0.495 e. The van der Waals surface area contributed by atoms with Crippen molar-refractivity contribution < 1.29 is 19.1 Å². The number of hydrogen-bond donors (Lipinski definition) is 0. The lowest BCUT2D eigenvalue weighted by Crippen LogP contribution is -2.76. The van der Waals surface area contributed by atoms with Gasteiger partial charge in [-0.3, -0.25) is 9.59 Å². The van der Waals surface area contributed by atoms with E-state index >= 15 is 0 Å². The van der Waals surface area contributed by atoms with Crippen molar-refractivity contribution in [3.05, 3.63) is 114 Å². The lowest BCUT2D eigenvalue weighted by atomic mass is 9.67. The van der Waals surface area contributed by atoms with Crippen molar-refractivity contribution in [3.63, 3.8) is 0 Å². The molecule has 3 aliphatic heterocycles. The van der Waals surface area contributed by atoms with Crippen LogP contribution in [0, 0.1) is 5.41 Å². The fourth-order valence-electron chi connectivity index (χ4n) is 6.79. The Hall–Kier alpha value is -4.82. The predicted molar refractivity (Wildman–Crippen MR) is 167 cm³/mol. The molecule has 0 saturated carbocycles. The number of rotatable bonds is 4. The van der Waals surface area contributed by atoms with Crippen molar-refractivity contribution in [2.45, 2.75) is 12.5 Å². The zero-order chi connectivity index (χ0) is 29.7. The number of imide groups is 2. The lowest BCUT2D eigenvalue weighted by Gasteiger charge is -2.57. The number of carbonyl (C=O) groups is 3. The second-order valence-electron chi connectivity index (χ2n) is 11.0. The standard InChI is InChI=1S/C34H29ClN4O4/c1-43-29-15-9-8-14-27(29)36-18-19-37-28-20-24(35)17-16-23(28)21-34(30(37)22-36)31(40)38(25-10-4-2-5-11-25)33(42)39(32(34)41)26-12-6-3-7-13-26/h2-17,20,30H,18-19,21-22H2,1H3. The number of methoxy groups -OCH3 is 1. The first-order chi connectivity index (χ1) is 20.9. The first-order valence-corrected chi connectivity index (χ1v) is 14.6. The number of ether oxygens (including phenoxy) is 1. The zero-order valence-electron chi connectivity index (χ0n) is 23.5. The summed E-state index contributed by atoms with van der Waals surface area (Å²) >= 11 is 6.48. The molecule has 8 nitrogen and oxygen atoms in total. The van der Waals surface area contributed by atoms with Crippen molar-refractivity contribution in [2.24, 2.45) is 5.41 Å². The van der Waals surface area contributed by atoms with E-state index in [1.54, 1.807) is 61.7 Å². The quantitative estimate of drug-likeness (QED) is 0.280. The normalized spacial score (nSPS) is 19.4. The van der Waals surface area contributed by atoms with E-state index in [9.17, 15) is 14.4 Å². The first kappa shape index (κ1) is 27.0. The van der Waals surface area contributed by atoms with Crippen LogP contribution in [0.25, 0.3) is 0 Å². The molecule has 1 spiro atoms. The van der Waals surface area contributed by atoms with Gasteiger partial charge in [0.15, 0.2) is 5.41 Å². The topological polar surface area (TPSA) is 73.4 Å². The highest BCUT2D eigenvalue weighted by Crippen LogP contribution is 2.49. The Morgan fingerprint density at radius 1 is 0.744 bits per heavy atom. The third-order valence-corrected chi connectivity index (χ3v) is 9.02. The maximum Gasteiger partial charge on any atom is 0.342 e. The van der Waals surface area contributed by atoms with Crippen LogP contribution in [0.3, 0.4) is 0 Å². The van der Waals surface area contributed by atoms with E-state index in [0.29, 0.717) is 41.8 Å². The van der Waals surface area contributed by atoms with E-state index in [1.165, 1.54) is 9.80 Å². The average Bonchev–Trinajstić information content (AvgIpc) is 3.05. The summed E-state index contributed by atoms with van der Waals surface area (Å²) in [6, 6.07) is 29.7. The van der Waals surface area contributed by atoms with E-state index < -0.39 is 29.3 Å². The van der Waals surface area contributed by atoms with Crippen LogP contribution in [0.1, 0.15) is 5.56 Å². The second kappa shape index (κ2) is 10.5. The molecule has 0 N–H and O–H groups in total. The predicted octanol–water partition coefficient (Wildman–Crippen LogP) is 5.79. The third-order valence-electron chi connectivity index (χ3n) is 8.78. The number of para-hydroxylation sites is 4. The van der Waals surface area contributed by atoms with Crippen LogP contribution in [-0.4, -0.2) is 50.6 Å². The van der Waals surface area contributed by atoms with Crippen LogP contribution < -0.4 is 24.3 Å². The molecule has 3 aliphatic rings. The van der Waals surface area contributed by atoms with Gasteiger partial charge in [-0.2, -0.15) is 0 Å². The van der Waals surface area contributed by atoms with Gasteiger partial charge in [0.25, 0.3) is 11.8 Å². The molecule has 1 unspecified atom stereocenters. The van der Waals surface area contributed by atoms with E-state index in [-0.39, 0.29) is 6.42 Å². The highest BCUT2D eigenvalue weighted by atomic mass is 35.5. The Morgan fingerprint density at radius 2 is 1.35 bits per heavy atom. The number of carbonyl (C=O) groups excluding carboxylic acids is 3. The number of anilines is 4. The van der Waals surface area contributed by atoms with Gasteiger partial charge in [0, 0.05) is 30.3 Å². The average molecular weight is 593 g/mol. The monoisotopic (exact) mass is 592 g/mol. The molecule has 3 heterocycles. The molecule has 4 aromatic rings.